The van der Waals surface area contributed by atoms with Crippen LogP contribution in [0.15, 0.2) is 18.2 Å². The van der Waals surface area contributed by atoms with E-state index in [2.05, 4.69) is 62.7 Å². The molecule has 1 saturated heterocycles. The van der Waals surface area contributed by atoms with Gasteiger partial charge in [-0.15, -0.1) is 0 Å². The Bertz CT molecular complexity index is 425. The molecule has 3 atom stereocenters. The minimum absolute atomic E-state index is 0.342. The molecule has 0 aromatic heterocycles. The number of hydrogen-bond donors (Lipinski definition) is 1. The minimum atomic E-state index is 0.342. The summed E-state index contributed by atoms with van der Waals surface area (Å²) in [6.45, 7) is 11.9. The maximum absolute atomic E-state index is 6.14. The van der Waals surface area contributed by atoms with E-state index in [0.29, 0.717) is 24.7 Å². The zero-order chi connectivity index (χ0) is 14.9. The third kappa shape index (κ3) is 2.90. The summed E-state index contributed by atoms with van der Waals surface area (Å²) in [7, 11) is 2.23. The molecule has 0 radical (unpaired) electrons. The topological polar surface area (TPSA) is 32.5 Å². The van der Waals surface area contributed by atoms with Crippen LogP contribution in [0, 0.1) is 13.8 Å². The van der Waals surface area contributed by atoms with E-state index in [9.17, 15) is 0 Å². The molecule has 1 fully saturated rings. The Balaban J connectivity index is 2.29. The predicted octanol–water partition coefficient (Wildman–Crippen LogP) is 2.33. The van der Waals surface area contributed by atoms with Crippen LogP contribution in [-0.4, -0.2) is 48.6 Å². The zero-order valence-electron chi connectivity index (χ0n) is 13.6. The lowest BCUT2D eigenvalue weighted by Crippen LogP contribution is -2.56. The molecular formula is C17H29N3. The van der Waals surface area contributed by atoms with Crippen molar-refractivity contribution in [3.05, 3.63) is 34.9 Å². The van der Waals surface area contributed by atoms with E-state index < -0.39 is 0 Å². The van der Waals surface area contributed by atoms with Crippen molar-refractivity contribution in [3.8, 4) is 0 Å². The molecule has 3 nitrogen and oxygen atoms in total. The number of nitrogens with zero attached hydrogens (tertiary/aromatic N) is 2. The van der Waals surface area contributed by atoms with E-state index in [0.717, 1.165) is 13.1 Å². The van der Waals surface area contributed by atoms with Gasteiger partial charge in [-0.05, 0) is 51.4 Å². The van der Waals surface area contributed by atoms with Crippen LogP contribution in [0.1, 0.15) is 36.6 Å². The van der Waals surface area contributed by atoms with Crippen molar-refractivity contribution in [1.29, 1.82) is 0 Å². The van der Waals surface area contributed by atoms with E-state index in [1.807, 2.05) is 0 Å². The Morgan fingerprint density at radius 3 is 2.10 bits per heavy atom. The molecule has 0 bridgehead atoms. The van der Waals surface area contributed by atoms with Gasteiger partial charge in [0.05, 0.1) is 0 Å². The molecule has 1 aliphatic rings. The second kappa shape index (κ2) is 6.25. The van der Waals surface area contributed by atoms with E-state index in [1.165, 1.54) is 16.7 Å². The van der Waals surface area contributed by atoms with Gasteiger partial charge in [0, 0.05) is 37.8 Å². The third-order valence-electron chi connectivity index (χ3n) is 4.93. The fourth-order valence-electron chi connectivity index (χ4n) is 3.50. The smallest absolute Gasteiger partial charge is 0.0477 e. The summed E-state index contributed by atoms with van der Waals surface area (Å²) in [5.74, 6) is 0. The molecule has 3 heteroatoms. The summed E-state index contributed by atoms with van der Waals surface area (Å²) in [4.78, 5) is 5.04. The first-order valence-corrected chi connectivity index (χ1v) is 7.67. The summed E-state index contributed by atoms with van der Waals surface area (Å²) in [5.41, 5.74) is 10.3. The molecule has 0 amide bonds. The zero-order valence-corrected chi connectivity index (χ0v) is 13.6. The average molecular weight is 275 g/mol. The summed E-state index contributed by atoms with van der Waals surface area (Å²) in [6.07, 6.45) is 0. The van der Waals surface area contributed by atoms with Gasteiger partial charge in [0.2, 0.25) is 0 Å². The first kappa shape index (κ1) is 15.5. The molecule has 0 spiro atoms. The Morgan fingerprint density at radius 1 is 1.15 bits per heavy atom. The standard InChI is InChI=1S/C17H29N3/c1-12-7-6-8-13(2)17(12)16(9-18)20-10-14(3)19(5)15(4)11-20/h6-8,14-16H,9-11,18H2,1-5H3. The van der Waals surface area contributed by atoms with Gasteiger partial charge >= 0.3 is 0 Å². The summed E-state index contributed by atoms with van der Waals surface area (Å²) in [5, 5.41) is 0. The molecular weight excluding hydrogens is 246 g/mol. The van der Waals surface area contributed by atoms with Crippen molar-refractivity contribution in [2.75, 3.05) is 26.7 Å². The summed E-state index contributed by atoms with van der Waals surface area (Å²) >= 11 is 0. The minimum Gasteiger partial charge on any atom is -0.329 e. The first-order valence-electron chi connectivity index (χ1n) is 7.67. The lowest BCUT2D eigenvalue weighted by molar-refractivity contribution is 0.0349. The second-order valence-electron chi connectivity index (χ2n) is 6.37. The highest BCUT2D eigenvalue weighted by Gasteiger charge is 2.31. The predicted molar refractivity (Wildman–Crippen MR) is 86.0 cm³/mol. The Hall–Kier alpha value is -0.900. The normalized spacial score (nSPS) is 26.7. The van der Waals surface area contributed by atoms with Crippen LogP contribution in [0.2, 0.25) is 0 Å². The van der Waals surface area contributed by atoms with Gasteiger partial charge in [0.15, 0.2) is 0 Å². The summed E-state index contributed by atoms with van der Waals surface area (Å²) < 4.78 is 0. The lowest BCUT2D eigenvalue weighted by Gasteiger charge is -2.46. The fraction of sp³-hybridized carbons (Fsp3) is 0.647. The van der Waals surface area contributed by atoms with Crippen molar-refractivity contribution in [3.63, 3.8) is 0 Å². The maximum Gasteiger partial charge on any atom is 0.0477 e. The van der Waals surface area contributed by atoms with Crippen LogP contribution in [0.25, 0.3) is 0 Å². The number of nitrogens with two attached hydrogens (primary N) is 1. The number of piperazine rings is 1. The highest BCUT2D eigenvalue weighted by molar-refractivity contribution is 5.36. The van der Waals surface area contributed by atoms with E-state index in [-0.39, 0.29) is 0 Å². The van der Waals surface area contributed by atoms with E-state index in [4.69, 9.17) is 5.73 Å². The Morgan fingerprint density at radius 2 is 1.65 bits per heavy atom. The van der Waals surface area contributed by atoms with Gasteiger partial charge in [-0.2, -0.15) is 0 Å². The largest absolute Gasteiger partial charge is 0.329 e. The van der Waals surface area contributed by atoms with Crippen LogP contribution < -0.4 is 5.73 Å². The van der Waals surface area contributed by atoms with Gasteiger partial charge in [-0.3, -0.25) is 9.80 Å². The molecule has 1 aromatic rings. The molecule has 1 aliphatic heterocycles. The van der Waals surface area contributed by atoms with Crippen molar-refractivity contribution >= 4 is 0 Å². The lowest BCUT2D eigenvalue weighted by atomic mass is 9.93. The van der Waals surface area contributed by atoms with Gasteiger partial charge in [0.1, 0.15) is 0 Å². The van der Waals surface area contributed by atoms with Crippen molar-refractivity contribution in [1.82, 2.24) is 9.80 Å². The molecule has 1 heterocycles. The van der Waals surface area contributed by atoms with Gasteiger partial charge in [0.25, 0.3) is 0 Å². The van der Waals surface area contributed by atoms with Crippen LogP contribution in [-0.2, 0) is 0 Å². The van der Waals surface area contributed by atoms with Gasteiger partial charge in [-0.25, -0.2) is 0 Å². The number of rotatable bonds is 3. The number of aryl methyl sites for hydroxylation is 2. The fourth-order valence-corrected chi connectivity index (χ4v) is 3.50. The number of likely N-dealkylation sites (N-methyl/N-ethyl adjacent to an activating group) is 1. The quantitative estimate of drug-likeness (QED) is 0.919. The van der Waals surface area contributed by atoms with Crippen LogP contribution in [0.3, 0.4) is 0 Å². The van der Waals surface area contributed by atoms with Crippen molar-refractivity contribution in [2.24, 2.45) is 5.73 Å². The van der Waals surface area contributed by atoms with Crippen LogP contribution >= 0.6 is 0 Å². The highest BCUT2D eigenvalue weighted by Crippen LogP contribution is 2.29. The molecule has 0 aliphatic carbocycles. The van der Waals surface area contributed by atoms with E-state index in [1.54, 1.807) is 0 Å². The monoisotopic (exact) mass is 275 g/mol. The Kier molecular flexibility index (Phi) is 4.84. The molecule has 2 N–H and O–H groups in total. The first-order chi connectivity index (χ1) is 9.45. The Labute approximate surface area is 123 Å². The molecule has 1 aromatic carbocycles. The van der Waals surface area contributed by atoms with Gasteiger partial charge in [-0.1, -0.05) is 18.2 Å². The molecule has 20 heavy (non-hydrogen) atoms. The summed E-state index contributed by atoms with van der Waals surface area (Å²) in [6, 6.07) is 8.04. The second-order valence-corrected chi connectivity index (χ2v) is 6.37. The average Bonchev–Trinajstić information content (AvgIpc) is 2.40. The third-order valence-corrected chi connectivity index (χ3v) is 4.93. The number of benzene rings is 1. The molecule has 2 rings (SSSR count). The van der Waals surface area contributed by atoms with Gasteiger partial charge < -0.3 is 5.73 Å². The van der Waals surface area contributed by atoms with Crippen LogP contribution in [0.5, 0.6) is 0 Å². The van der Waals surface area contributed by atoms with Crippen molar-refractivity contribution in [2.45, 2.75) is 45.8 Å². The SMILES string of the molecule is Cc1cccc(C)c1C(CN)N1CC(C)N(C)C(C)C1. The molecule has 112 valence electrons. The number of hydrogen-bond acceptors (Lipinski definition) is 3. The molecule has 0 saturated carbocycles. The highest BCUT2D eigenvalue weighted by atomic mass is 15.3. The maximum atomic E-state index is 6.14. The van der Waals surface area contributed by atoms with Crippen molar-refractivity contribution < 1.29 is 0 Å². The van der Waals surface area contributed by atoms with Crippen LogP contribution in [0.4, 0.5) is 0 Å². The van der Waals surface area contributed by atoms with E-state index >= 15 is 0 Å². The molecule has 3 unspecified atom stereocenters.